The van der Waals surface area contributed by atoms with Crippen LogP contribution in [-0.4, -0.2) is 31.6 Å². The lowest BCUT2D eigenvalue weighted by Crippen LogP contribution is -2.30. The lowest BCUT2D eigenvalue weighted by atomic mass is 10.1. The van der Waals surface area contributed by atoms with E-state index in [2.05, 4.69) is 10.6 Å². The van der Waals surface area contributed by atoms with Crippen molar-refractivity contribution in [3.8, 4) is 0 Å². The normalized spacial score (nSPS) is 11.8. The minimum absolute atomic E-state index is 0.123. The van der Waals surface area contributed by atoms with Gasteiger partial charge in [0.25, 0.3) is 0 Å². The van der Waals surface area contributed by atoms with Crippen molar-refractivity contribution >= 4 is 17.6 Å². The summed E-state index contributed by atoms with van der Waals surface area (Å²) in [5, 5.41) is 5.90. The van der Waals surface area contributed by atoms with E-state index in [-0.39, 0.29) is 11.8 Å². The maximum Gasteiger partial charge on any atom is 0.340 e. The molecule has 1 amide bonds. The summed E-state index contributed by atoms with van der Waals surface area (Å²) in [7, 11) is 0. The van der Waals surface area contributed by atoms with Crippen molar-refractivity contribution in [2.45, 2.75) is 20.8 Å². The molecule has 5 heteroatoms. The fraction of sp³-hybridized carbons (Fsp3) is 0.467. The van der Waals surface area contributed by atoms with E-state index in [4.69, 9.17) is 4.74 Å². The van der Waals surface area contributed by atoms with Crippen molar-refractivity contribution in [2.75, 3.05) is 25.0 Å². The van der Waals surface area contributed by atoms with Crippen molar-refractivity contribution in [2.24, 2.45) is 5.92 Å². The van der Waals surface area contributed by atoms with Gasteiger partial charge in [-0.1, -0.05) is 26.0 Å². The molecule has 0 aromatic heterocycles. The summed E-state index contributed by atoms with van der Waals surface area (Å²) < 4.78 is 4.97. The Hall–Kier alpha value is -1.88. The SMILES string of the molecule is CCNCC(C)C(=O)Nc1ccccc1C(=O)OCC. The fourth-order valence-electron chi connectivity index (χ4n) is 1.69. The molecular weight excluding hydrogens is 256 g/mol. The van der Waals surface area contributed by atoms with E-state index in [0.29, 0.717) is 24.4 Å². The summed E-state index contributed by atoms with van der Waals surface area (Å²) >= 11 is 0. The second-order valence-electron chi connectivity index (χ2n) is 4.46. The molecule has 1 atom stereocenters. The van der Waals surface area contributed by atoms with Crippen molar-refractivity contribution in [1.82, 2.24) is 5.32 Å². The highest BCUT2D eigenvalue weighted by molar-refractivity contribution is 6.01. The van der Waals surface area contributed by atoms with Gasteiger partial charge in [-0.05, 0) is 25.6 Å². The van der Waals surface area contributed by atoms with Crippen molar-refractivity contribution in [1.29, 1.82) is 0 Å². The third-order valence-corrected chi connectivity index (χ3v) is 2.83. The first-order chi connectivity index (χ1) is 9.60. The highest BCUT2D eigenvalue weighted by Crippen LogP contribution is 2.17. The zero-order valence-corrected chi connectivity index (χ0v) is 12.2. The molecule has 1 rings (SSSR count). The van der Waals surface area contributed by atoms with Crippen molar-refractivity contribution in [3.05, 3.63) is 29.8 Å². The standard InChI is InChI=1S/C15H22N2O3/c1-4-16-10-11(3)14(18)17-13-9-7-6-8-12(13)15(19)20-5-2/h6-9,11,16H,4-5,10H2,1-3H3,(H,17,18). The summed E-state index contributed by atoms with van der Waals surface area (Å²) in [5.74, 6) is -0.726. The first kappa shape index (κ1) is 16.2. The highest BCUT2D eigenvalue weighted by atomic mass is 16.5. The molecule has 2 N–H and O–H groups in total. The largest absolute Gasteiger partial charge is 0.462 e. The van der Waals surface area contributed by atoms with E-state index >= 15 is 0 Å². The van der Waals surface area contributed by atoms with Gasteiger partial charge in [0.2, 0.25) is 5.91 Å². The Bertz CT molecular complexity index is 460. The second kappa shape index (κ2) is 8.32. The van der Waals surface area contributed by atoms with Crippen LogP contribution in [0.15, 0.2) is 24.3 Å². The zero-order chi connectivity index (χ0) is 15.0. The third kappa shape index (κ3) is 4.66. The molecule has 1 aromatic rings. The quantitative estimate of drug-likeness (QED) is 0.749. The number of hydrogen-bond donors (Lipinski definition) is 2. The first-order valence-corrected chi connectivity index (χ1v) is 6.87. The lowest BCUT2D eigenvalue weighted by Gasteiger charge is -2.14. The number of esters is 1. The average molecular weight is 278 g/mol. The van der Waals surface area contributed by atoms with Gasteiger partial charge in [0.1, 0.15) is 0 Å². The van der Waals surface area contributed by atoms with Crippen LogP contribution >= 0.6 is 0 Å². The summed E-state index contributed by atoms with van der Waals surface area (Å²) in [6, 6.07) is 6.85. The molecule has 0 spiro atoms. The molecule has 5 nitrogen and oxygen atoms in total. The number of carbonyl (C=O) groups is 2. The Balaban J connectivity index is 2.76. The molecule has 0 aliphatic rings. The Labute approximate surface area is 119 Å². The van der Waals surface area contributed by atoms with Gasteiger partial charge in [0.15, 0.2) is 0 Å². The maximum atomic E-state index is 12.0. The van der Waals surface area contributed by atoms with Crippen LogP contribution in [0.4, 0.5) is 5.69 Å². The monoisotopic (exact) mass is 278 g/mol. The van der Waals surface area contributed by atoms with Gasteiger partial charge in [0.05, 0.1) is 17.9 Å². The number of benzene rings is 1. The van der Waals surface area contributed by atoms with Crippen LogP contribution in [0.5, 0.6) is 0 Å². The lowest BCUT2D eigenvalue weighted by molar-refractivity contribution is -0.119. The van der Waals surface area contributed by atoms with E-state index in [1.165, 1.54) is 0 Å². The predicted molar refractivity (Wildman–Crippen MR) is 78.7 cm³/mol. The Kier molecular flexibility index (Phi) is 6.73. The number of hydrogen-bond acceptors (Lipinski definition) is 4. The fourth-order valence-corrected chi connectivity index (χ4v) is 1.69. The molecule has 0 aliphatic heterocycles. The van der Waals surface area contributed by atoms with E-state index in [0.717, 1.165) is 6.54 Å². The molecule has 110 valence electrons. The maximum absolute atomic E-state index is 12.0. The van der Waals surface area contributed by atoms with Gasteiger partial charge in [0, 0.05) is 12.5 Å². The molecule has 1 unspecified atom stereocenters. The van der Waals surface area contributed by atoms with Gasteiger partial charge in [-0.2, -0.15) is 0 Å². The Morgan fingerprint density at radius 1 is 1.25 bits per heavy atom. The second-order valence-corrected chi connectivity index (χ2v) is 4.46. The van der Waals surface area contributed by atoms with Crippen LogP contribution in [0.3, 0.4) is 0 Å². The smallest absolute Gasteiger partial charge is 0.340 e. The molecule has 20 heavy (non-hydrogen) atoms. The number of amides is 1. The summed E-state index contributed by atoms with van der Waals surface area (Å²) in [6.45, 7) is 7.29. The van der Waals surface area contributed by atoms with Crippen LogP contribution in [0.2, 0.25) is 0 Å². The Morgan fingerprint density at radius 2 is 1.95 bits per heavy atom. The van der Waals surface area contributed by atoms with Crippen LogP contribution in [0.1, 0.15) is 31.1 Å². The van der Waals surface area contributed by atoms with Crippen molar-refractivity contribution < 1.29 is 14.3 Å². The van der Waals surface area contributed by atoms with E-state index in [9.17, 15) is 9.59 Å². The van der Waals surface area contributed by atoms with Crippen LogP contribution in [0.25, 0.3) is 0 Å². The van der Waals surface area contributed by atoms with Gasteiger partial charge in [-0.25, -0.2) is 4.79 Å². The number of rotatable bonds is 7. The van der Waals surface area contributed by atoms with Crippen LogP contribution in [-0.2, 0) is 9.53 Å². The molecule has 0 saturated heterocycles. The minimum atomic E-state index is -0.428. The Morgan fingerprint density at radius 3 is 2.60 bits per heavy atom. The average Bonchev–Trinajstić information content (AvgIpc) is 2.45. The third-order valence-electron chi connectivity index (χ3n) is 2.83. The van der Waals surface area contributed by atoms with Gasteiger partial charge in [-0.15, -0.1) is 0 Å². The molecule has 0 bridgehead atoms. The molecule has 0 fully saturated rings. The van der Waals surface area contributed by atoms with E-state index in [1.807, 2.05) is 13.8 Å². The molecular formula is C15H22N2O3. The number of ether oxygens (including phenoxy) is 1. The molecule has 1 aromatic carbocycles. The highest BCUT2D eigenvalue weighted by Gasteiger charge is 2.17. The predicted octanol–water partition coefficient (Wildman–Crippen LogP) is 2.05. The molecule has 0 heterocycles. The number of carbonyl (C=O) groups excluding carboxylic acids is 2. The summed E-state index contributed by atoms with van der Waals surface area (Å²) in [4.78, 5) is 23.9. The van der Waals surface area contributed by atoms with Gasteiger partial charge >= 0.3 is 5.97 Å². The number of nitrogens with one attached hydrogen (secondary N) is 2. The van der Waals surface area contributed by atoms with E-state index in [1.54, 1.807) is 31.2 Å². The van der Waals surface area contributed by atoms with E-state index < -0.39 is 5.97 Å². The van der Waals surface area contributed by atoms with Gasteiger partial charge < -0.3 is 15.4 Å². The van der Waals surface area contributed by atoms with Crippen LogP contribution in [0, 0.1) is 5.92 Å². The van der Waals surface area contributed by atoms with Crippen LogP contribution < -0.4 is 10.6 Å². The first-order valence-electron chi connectivity index (χ1n) is 6.87. The topological polar surface area (TPSA) is 67.4 Å². The number of anilines is 1. The zero-order valence-electron chi connectivity index (χ0n) is 12.2. The molecule has 0 saturated carbocycles. The molecule has 0 radical (unpaired) electrons. The molecule has 0 aliphatic carbocycles. The summed E-state index contributed by atoms with van der Waals surface area (Å²) in [6.07, 6.45) is 0. The minimum Gasteiger partial charge on any atom is -0.462 e. The van der Waals surface area contributed by atoms with Crippen molar-refractivity contribution in [3.63, 3.8) is 0 Å². The van der Waals surface area contributed by atoms with Gasteiger partial charge in [-0.3, -0.25) is 4.79 Å². The number of para-hydroxylation sites is 1. The summed E-state index contributed by atoms with van der Waals surface area (Å²) in [5.41, 5.74) is 0.859.